The Kier molecular flexibility index (Phi) is 5.08. The molecule has 0 unspecified atom stereocenters. The average molecular weight is 298 g/mol. The number of amides is 1. The highest BCUT2D eigenvalue weighted by atomic mass is 16.2. The van der Waals surface area contributed by atoms with E-state index in [0.29, 0.717) is 23.4 Å². The Labute approximate surface area is 128 Å². The van der Waals surface area contributed by atoms with E-state index in [1.165, 1.54) is 10.6 Å². The predicted octanol–water partition coefficient (Wildman–Crippen LogP) is 1.99. The molecule has 1 aromatic carbocycles. The lowest BCUT2D eigenvalue weighted by atomic mass is 10.2. The Balaban J connectivity index is 2.27. The minimum Gasteiger partial charge on any atom is -0.277 e. The van der Waals surface area contributed by atoms with E-state index in [4.69, 9.17) is 0 Å². The molecule has 6 heteroatoms. The van der Waals surface area contributed by atoms with Crippen LogP contribution in [-0.4, -0.2) is 15.5 Å². The van der Waals surface area contributed by atoms with Crippen LogP contribution in [0.1, 0.15) is 13.8 Å². The van der Waals surface area contributed by atoms with E-state index in [-0.39, 0.29) is 11.5 Å². The van der Waals surface area contributed by atoms with Crippen molar-refractivity contribution in [1.29, 1.82) is 0 Å². The summed E-state index contributed by atoms with van der Waals surface area (Å²) in [5.74, 6) is -0.0258. The predicted molar refractivity (Wildman–Crippen MR) is 87.4 cm³/mol. The van der Waals surface area contributed by atoms with Crippen LogP contribution in [0.2, 0.25) is 0 Å². The van der Waals surface area contributed by atoms with Crippen LogP contribution in [0.4, 0.5) is 5.95 Å². The molecular formula is C16H18N4O2. The van der Waals surface area contributed by atoms with Crippen LogP contribution in [-0.2, 0) is 11.3 Å². The summed E-state index contributed by atoms with van der Waals surface area (Å²) < 4.78 is 1.47. The normalized spacial score (nSPS) is 11.4. The second kappa shape index (κ2) is 7.21. The fourth-order valence-electron chi connectivity index (χ4n) is 1.97. The maximum absolute atomic E-state index is 12.4. The van der Waals surface area contributed by atoms with Gasteiger partial charge in [-0.25, -0.2) is 4.98 Å². The first-order valence-corrected chi connectivity index (χ1v) is 7.02. The third-order valence-corrected chi connectivity index (χ3v) is 3.03. The van der Waals surface area contributed by atoms with Gasteiger partial charge in [-0.05, 0) is 26.0 Å². The Morgan fingerprint density at radius 1 is 1.32 bits per heavy atom. The molecule has 0 aliphatic rings. The van der Waals surface area contributed by atoms with E-state index in [9.17, 15) is 9.59 Å². The van der Waals surface area contributed by atoms with Crippen molar-refractivity contribution in [2.24, 2.45) is 0 Å². The summed E-state index contributed by atoms with van der Waals surface area (Å²) in [6.45, 7) is 4.15. The van der Waals surface area contributed by atoms with Gasteiger partial charge < -0.3 is 0 Å². The van der Waals surface area contributed by atoms with Crippen molar-refractivity contribution >= 4 is 22.8 Å². The van der Waals surface area contributed by atoms with Gasteiger partial charge in [-0.15, -0.1) is 0 Å². The van der Waals surface area contributed by atoms with E-state index < -0.39 is 0 Å². The number of carbonyl (C=O) groups is 1. The fraction of sp³-hybridized carbons (Fsp3) is 0.188. The van der Waals surface area contributed by atoms with Crippen molar-refractivity contribution < 1.29 is 4.79 Å². The zero-order valence-electron chi connectivity index (χ0n) is 12.5. The second-order valence-corrected chi connectivity index (χ2v) is 4.50. The molecular weight excluding hydrogens is 280 g/mol. The highest BCUT2D eigenvalue weighted by Gasteiger charge is 2.09. The first-order valence-electron chi connectivity index (χ1n) is 7.02. The largest absolute Gasteiger partial charge is 0.277 e. The summed E-state index contributed by atoms with van der Waals surface area (Å²) in [6, 6.07) is 7.11. The smallest absolute Gasteiger partial charge is 0.262 e. The van der Waals surface area contributed by atoms with Gasteiger partial charge in [-0.3, -0.25) is 25.0 Å². The number of hydrogen-bond donors (Lipinski definition) is 2. The minimum absolute atomic E-state index is 0.144. The third-order valence-electron chi connectivity index (χ3n) is 3.03. The summed E-state index contributed by atoms with van der Waals surface area (Å²) in [4.78, 5) is 28.4. The number of carbonyl (C=O) groups excluding carboxylic acids is 1. The van der Waals surface area contributed by atoms with Crippen LogP contribution in [0, 0.1) is 0 Å². The molecule has 0 bridgehead atoms. The molecule has 0 fully saturated rings. The summed E-state index contributed by atoms with van der Waals surface area (Å²) in [6.07, 6.45) is 6.56. The van der Waals surface area contributed by atoms with Gasteiger partial charge in [0.2, 0.25) is 5.95 Å². The number of hydrazine groups is 1. The lowest BCUT2D eigenvalue weighted by molar-refractivity contribution is -0.116. The number of allylic oxidation sites excluding steroid dienone is 3. The van der Waals surface area contributed by atoms with Crippen LogP contribution in [0.3, 0.4) is 0 Å². The maximum atomic E-state index is 12.4. The number of para-hydroxylation sites is 1. The van der Waals surface area contributed by atoms with Crippen molar-refractivity contribution in [2.45, 2.75) is 20.4 Å². The number of aromatic nitrogens is 2. The highest BCUT2D eigenvalue weighted by Crippen LogP contribution is 2.10. The summed E-state index contributed by atoms with van der Waals surface area (Å²) in [5.41, 5.74) is 5.63. The summed E-state index contributed by atoms with van der Waals surface area (Å²) in [7, 11) is 0. The van der Waals surface area contributed by atoms with Gasteiger partial charge >= 0.3 is 0 Å². The van der Waals surface area contributed by atoms with Gasteiger partial charge in [0.1, 0.15) is 0 Å². The van der Waals surface area contributed by atoms with Gasteiger partial charge in [0.15, 0.2) is 0 Å². The molecule has 0 saturated carbocycles. The number of benzene rings is 1. The van der Waals surface area contributed by atoms with Gasteiger partial charge in [0.25, 0.3) is 11.5 Å². The van der Waals surface area contributed by atoms with Crippen molar-refractivity contribution in [3.8, 4) is 0 Å². The van der Waals surface area contributed by atoms with E-state index in [1.807, 2.05) is 26.0 Å². The molecule has 114 valence electrons. The first kappa shape index (κ1) is 15.5. The quantitative estimate of drug-likeness (QED) is 0.503. The average Bonchev–Trinajstić information content (AvgIpc) is 2.53. The molecule has 0 aliphatic carbocycles. The van der Waals surface area contributed by atoms with Crippen LogP contribution < -0.4 is 16.4 Å². The summed E-state index contributed by atoms with van der Waals surface area (Å²) >= 11 is 0. The van der Waals surface area contributed by atoms with Crippen LogP contribution >= 0.6 is 0 Å². The van der Waals surface area contributed by atoms with E-state index in [0.717, 1.165) is 0 Å². The van der Waals surface area contributed by atoms with Crippen molar-refractivity contribution in [3.05, 3.63) is 58.9 Å². The molecule has 22 heavy (non-hydrogen) atoms. The zero-order chi connectivity index (χ0) is 15.9. The molecule has 0 atom stereocenters. The minimum atomic E-state index is -0.330. The standard InChI is InChI=1S/C16H18N4O2/c1-3-5-6-11-14(21)18-19-16-17-13-10-8-7-9-12(13)15(22)20(16)4-2/h3,5-11H,4H2,1-2H3,(H,17,19)(H,18,21)/b5-3+,11-6+. The Morgan fingerprint density at radius 3 is 2.82 bits per heavy atom. The molecule has 1 amide bonds. The van der Waals surface area contributed by atoms with E-state index in [2.05, 4.69) is 15.8 Å². The molecule has 0 spiro atoms. The molecule has 0 saturated heterocycles. The van der Waals surface area contributed by atoms with Gasteiger partial charge in [0.05, 0.1) is 10.9 Å². The first-order chi connectivity index (χ1) is 10.7. The van der Waals surface area contributed by atoms with Gasteiger partial charge in [-0.1, -0.05) is 30.4 Å². The molecule has 2 N–H and O–H groups in total. The van der Waals surface area contributed by atoms with Gasteiger partial charge in [0, 0.05) is 12.6 Å². The molecule has 0 radical (unpaired) electrons. The van der Waals surface area contributed by atoms with Crippen LogP contribution in [0.25, 0.3) is 10.9 Å². The van der Waals surface area contributed by atoms with Crippen LogP contribution in [0.5, 0.6) is 0 Å². The number of rotatable bonds is 5. The number of anilines is 1. The molecule has 1 aromatic heterocycles. The lowest BCUT2D eigenvalue weighted by Gasteiger charge is -2.13. The topological polar surface area (TPSA) is 76.0 Å². The molecule has 0 aliphatic heterocycles. The molecule has 6 nitrogen and oxygen atoms in total. The third kappa shape index (κ3) is 3.41. The highest BCUT2D eigenvalue weighted by molar-refractivity contribution is 5.88. The van der Waals surface area contributed by atoms with Crippen molar-refractivity contribution in [1.82, 2.24) is 15.0 Å². The zero-order valence-corrected chi connectivity index (χ0v) is 12.5. The fourth-order valence-corrected chi connectivity index (χ4v) is 1.97. The molecule has 2 rings (SSSR count). The van der Waals surface area contributed by atoms with E-state index >= 15 is 0 Å². The number of fused-ring (bicyclic) bond motifs is 1. The second-order valence-electron chi connectivity index (χ2n) is 4.50. The van der Waals surface area contributed by atoms with Crippen molar-refractivity contribution in [2.75, 3.05) is 5.43 Å². The Hall–Kier alpha value is -2.89. The number of hydrogen-bond acceptors (Lipinski definition) is 4. The number of nitrogens with zero attached hydrogens (tertiary/aromatic N) is 2. The Morgan fingerprint density at radius 2 is 2.09 bits per heavy atom. The SMILES string of the molecule is C/C=C/C=C/C(=O)NNc1nc2ccccc2c(=O)n1CC. The Bertz CT molecular complexity index is 790. The van der Waals surface area contributed by atoms with Crippen molar-refractivity contribution in [3.63, 3.8) is 0 Å². The lowest BCUT2D eigenvalue weighted by Crippen LogP contribution is -2.33. The number of nitrogens with one attached hydrogen (secondary N) is 2. The monoisotopic (exact) mass is 298 g/mol. The van der Waals surface area contributed by atoms with Crippen LogP contribution in [0.15, 0.2) is 53.4 Å². The van der Waals surface area contributed by atoms with Gasteiger partial charge in [-0.2, -0.15) is 0 Å². The molecule has 1 heterocycles. The summed E-state index contributed by atoms with van der Waals surface area (Å²) in [5, 5.41) is 0.550. The van der Waals surface area contributed by atoms with E-state index in [1.54, 1.807) is 30.4 Å². The molecule has 2 aromatic rings. The maximum Gasteiger partial charge on any atom is 0.262 e.